The molecule has 0 fully saturated rings. The van der Waals surface area contributed by atoms with Gasteiger partial charge in [0, 0.05) is 0 Å². The second-order valence-electron chi connectivity index (χ2n) is 3.92. The number of hydrogen-bond donors (Lipinski definition) is 0. The third-order valence-electron chi connectivity index (χ3n) is 2.60. The van der Waals surface area contributed by atoms with Crippen molar-refractivity contribution in [2.45, 2.75) is 26.7 Å². The average molecular weight is 236 g/mol. The minimum absolute atomic E-state index is 0.369. The highest BCUT2D eigenvalue weighted by atomic mass is 35.5. The Labute approximate surface area is 100 Å². The topological polar surface area (TPSA) is 30.7 Å². The van der Waals surface area contributed by atoms with Crippen LogP contribution >= 0.6 is 11.6 Å². The molecular weight excluding hydrogens is 222 g/mol. The Morgan fingerprint density at radius 2 is 1.94 bits per heavy atom. The molecule has 1 heterocycles. The van der Waals surface area contributed by atoms with E-state index in [4.69, 9.17) is 11.6 Å². The summed E-state index contributed by atoms with van der Waals surface area (Å²) in [5, 5.41) is 8.11. The predicted octanol–water partition coefficient (Wildman–Crippen LogP) is 2.93. The van der Waals surface area contributed by atoms with Gasteiger partial charge in [-0.25, -0.2) is 0 Å². The quantitative estimate of drug-likeness (QED) is 0.750. The van der Waals surface area contributed by atoms with Crippen LogP contribution in [0.1, 0.15) is 22.8 Å². The fraction of sp³-hybridized carbons (Fsp3) is 0.333. The van der Waals surface area contributed by atoms with Crippen molar-refractivity contribution < 1.29 is 0 Å². The molecule has 0 amide bonds. The van der Waals surface area contributed by atoms with E-state index in [1.54, 1.807) is 0 Å². The first-order valence-electron chi connectivity index (χ1n) is 5.18. The van der Waals surface area contributed by atoms with E-state index in [0.29, 0.717) is 5.88 Å². The van der Waals surface area contributed by atoms with Gasteiger partial charge in [-0.05, 0) is 32.4 Å². The Morgan fingerprint density at radius 1 is 1.19 bits per heavy atom. The van der Waals surface area contributed by atoms with Crippen molar-refractivity contribution in [3.05, 3.63) is 41.0 Å². The van der Waals surface area contributed by atoms with E-state index < -0.39 is 0 Å². The van der Waals surface area contributed by atoms with Gasteiger partial charge in [0.15, 0.2) is 5.82 Å². The molecule has 0 aliphatic rings. The van der Waals surface area contributed by atoms with Crippen molar-refractivity contribution in [2.24, 2.45) is 0 Å². The summed E-state index contributed by atoms with van der Waals surface area (Å²) in [6.07, 6.45) is 0. The summed E-state index contributed by atoms with van der Waals surface area (Å²) in [5.74, 6) is 2.02. The van der Waals surface area contributed by atoms with Crippen LogP contribution in [0.25, 0.3) is 5.69 Å². The second kappa shape index (κ2) is 4.26. The number of benzene rings is 1. The Balaban J connectivity index is 2.62. The van der Waals surface area contributed by atoms with Crippen molar-refractivity contribution in [1.29, 1.82) is 0 Å². The van der Waals surface area contributed by atoms with Crippen LogP contribution in [0.4, 0.5) is 0 Å². The lowest BCUT2D eigenvalue weighted by Crippen LogP contribution is -2.03. The third kappa shape index (κ3) is 1.83. The van der Waals surface area contributed by atoms with Gasteiger partial charge in [-0.2, -0.15) is 0 Å². The fourth-order valence-electron chi connectivity index (χ4n) is 1.86. The number of aryl methyl sites for hydroxylation is 3. The van der Waals surface area contributed by atoms with Crippen LogP contribution in [0.3, 0.4) is 0 Å². The standard InChI is InChI=1S/C12H14ClN3/c1-8-4-5-11(9(2)6-8)16-10(3)14-15-12(16)7-13/h4-6H,7H2,1-3H3. The minimum Gasteiger partial charge on any atom is -0.282 e. The molecule has 4 heteroatoms. The summed E-state index contributed by atoms with van der Waals surface area (Å²) < 4.78 is 2.00. The van der Waals surface area contributed by atoms with Gasteiger partial charge in [0.05, 0.1) is 11.6 Å². The molecule has 0 aliphatic heterocycles. The molecule has 84 valence electrons. The van der Waals surface area contributed by atoms with Crippen molar-refractivity contribution >= 4 is 11.6 Å². The number of nitrogens with zero attached hydrogens (tertiary/aromatic N) is 3. The number of rotatable bonds is 2. The van der Waals surface area contributed by atoms with Crippen LogP contribution < -0.4 is 0 Å². The zero-order valence-corrected chi connectivity index (χ0v) is 10.4. The first-order chi connectivity index (χ1) is 7.63. The predicted molar refractivity (Wildman–Crippen MR) is 65.1 cm³/mol. The molecule has 1 aromatic carbocycles. The molecule has 0 bridgehead atoms. The van der Waals surface area contributed by atoms with Gasteiger partial charge in [0.1, 0.15) is 5.82 Å². The van der Waals surface area contributed by atoms with E-state index >= 15 is 0 Å². The highest BCUT2D eigenvalue weighted by Crippen LogP contribution is 2.19. The van der Waals surface area contributed by atoms with Crippen molar-refractivity contribution in [1.82, 2.24) is 14.8 Å². The maximum Gasteiger partial charge on any atom is 0.152 e. The molecule has 3 nitrogen and oxygen atoms in total. The lowest BCUT2D eigenvalue weighted by molar-refractivity contribution is 0.916. The summed E-state index contributed by atoms with van der Waals surface area (Å²) >= 11 is 5.86. The minimum atomic E-state index is 0.369. The van der Waals surface area contributed by atoms with Gasteiger partial charge < -0.3 is 0 Å². The van der Waals surface area contributed by atoms with Gasteiger partial charge in [-0.1, -0.05) is 17.7 Å². The molecule has 0 spiro atoms. The molecule has 0 aliphatic carbocycles. The molecular formula is C12H14ClN3. The largest absolute Gasteiger partial charge is 0.282 e. The van der Waals surface area contributed by atoms with Gasteiger partial charge in [0.2, 0.25) is 0 Å². The summed E-state index contributed by atoms with van der Waals surface area (Å²) in [6, 6.07) is 6.31. The van der Waals surface area contributed by atoms with Crippen LogP contribution in [-0.4, -0.2) is 14.8 Å². The normalized spacial score (nSPS) is 10.8. The van der Waals surface area contributed by atoms with Gasteiger partial charge in [-0.3, -0.25) is 4.57 Å². The van der Waals surface area contributed by atoms with Gasteiger partial charge >= 0.3 is 0 Å². The van der Waals surface area contributed by atoms with Crippen LogP contribution in [0, 0.1) is 20.8 Å². The monoisotopic (exact) mass is 235 g/mol. The first kappa shape index (κ1) is 11.1. The maximum absolute atomic E-state index is 5.86. The molecule has 0 atom stereocenters. The second-order valence-corrected chi connectivity index (χ2v) is 4.19. The summed E-state index contributed by atoms with van der Waals surface area (Å²) in [7, 11) is 0. The number of hydrogen-bond acceptors (Lipinski definition) is 2. The fourth-order valence-corrected chi connectivity index (χ4v) is 2.04. The van der Waals surface area contributed by atoms with E-state index in [-0.39, 0.29) is 0 Å². The average Bonchev–Trinajstić information content (AvgIpc) is 2.60. The zero-order chi connectivity index (χ0) is 11.7. The molecule has 2 rings (SSSR count). The number of aromatic nitrogens is 3. The SMILES string of the molecule is Cc1ccc(-n2c(C)nnc2CCl)c(C)c1. The summed E-state index contributed by atoms with van der Waals surface area (Å²) in [5.41, 5.74) is 3.55. The summed E-state index contributed by atoms with van der Waals surface area (Å²) in [4.78, 5) is 0. The van der Waals surface area contributed by atoms with Gasteiger partial charge in [-0.15, -0.1) is 21.8 Å². The van der Waals surface area contributed by atoms with Crippen LogP contribution in [0.2, 0.25) is 0 Å². The molecule has 16 heavy (non-hydrogen) atoms. The van der Waals surface area contributed by atoms with E-state index in [9.17, 15) is 0 Å². The highest BCUT2D eigenvalue weighted by molar-refractivity contribution is 6.16. The van der Waals surface area contributed by atoms with Crippen LogP contribution in [-0.2, 0) is 5.88 Å². The van der Waals surface area contributed by atoms with E-state index in [0.717, 1.165) is 17.3 Å². The van der Waals surface area contributed by atoms with Crippen molar-refractivity contribution in [2.75, 3.05) is 0 Å². The molecule has 0 saturated heterocycles. The molecule has 2 aromatic rings. The first-order valence-corrected chi connectivity index (χ1v) is 5.71. The number of alkyl halides is 1. The van der Waals surface area contributed by atoms with Crippen LogP contribution in [0.5, 0.6) is 0 Å². The van der Waals surface area contributed by atoms with Crippen molar-refractivity contribution in [3.63, 3.8) is 0 Å². The van der Waals surface area contributed by atoms with Crippen LogP contribution in [0.15, 0.2) is 18.2 Å². The summed E-state index contributed by atoms with van der Waals surface area (Å²) in [6.45, 7) is 6.10. The van der Waals surface area contributed by atoms with E-state index in [1.165, 1.54) is 11.1 Å². The maximum atomic E-state index is 5.86. The van der Waals surface area contributed by atoms with E-state index in [1.807, 2.05) is 11.5 Å². The Kier molecular flexibility index (Phi) is 2.97. The lowest BCUT2D eigenvalue weighted by atomic mass is 10.1. The number of halogens is 1. The molecule has 0 saturated carbocycles. The molecule has 0 radical (unpaired) electrons. The third-order valence-corrected chi connectivity index (χ3v) is 2.84. The molecule has 0 unspecified atom stereocenters. The van der Waals surface area contributed by atoms with Gasteiger partial charge in [0.25, 0.3) is 0 Å². The lowest BCUT2D eigenvalue weighted by Gasteiger charge is -2.11. The Morgan fingerprint density at radius 3 is 2.56 bits per heavy atom. The van der Waals surface area contributed by atoms with Crippen molar-refractivity contribution in [3.8, 4) is 5.69 Å². The molecule has 0 N–H and O–H groups in total. The Hall–Kier alpha value is -1.35. The smallest absolute Gasteiger partial charge is 0.152 e. The Bertz CT molecular complexity index is 517. The van der Waals surface area contributed by atoms with E-state index in [2.05, 4.69) is 42.2 Å². The molecule has 1 aromatic heterocycles. The highest BCUT2D eigenvalue weighted by Gasteiger charge is 2.11. The zero-order valence-electron chi connectivity index (χ0n) is 9.66.